The van der Waals surface area contributed by atoms with Crippen molar-refractivity contribution in [2.75, 3.05) is 13.7 Å². The van der Waals surface area contributed by atoms with Crippen molar-refractivity contribution in [3.8, 4) is 0 Å². The van der Waals surface area contributed by atoms with Crippen molar-refractivity contribution in [1.29, 1.82) is 0 Å². The van der Waals surface area contributed by atoms with Gasteiger partial charge in [-0.1, -0.05) is 0 Å². The Bertz CT molecular complexity index is 590. The van der Waals surface area contributed by atoms with E-state index in [1.54, 1.807) is 7.11 Å². The Morgan fingerprint density at radius 1 is 1.50 bits per heavy atom. The van der Waals surface area contributed by atoms with Crippen molar-refractivity contribution in [2.24, 2.45) is 5.14 Å². The highest BCUT2D eigenvalue weighted by atomic mass is 32.2. The number of hydrogen-bond donors (Lipinski definition) is 2. The Morgan fingerprint density at radius 3 is 2.55 bits per heavy atom. The molecule has 0 atom stereocenters. The van der Waals surface area contributed by atoms with Crippen molar-refractivity contribution >= 4 is 15.9 Å². The smallest absolute Gasteiger partial charge is 0.268 e. The summed E-state index contributed by atoms with van der Waals surface area (Å²) in [6.45, 7) is 6.24. The van der Waals surface area contributed by atoms with Crippen LogP contribution in [-0.2, 0) is 21.3 Å². The van der Waals surface area contributed by atoms with Gasteiger partial charge in [0.05, 0.1) is 12.1 Å². The number of methoxy groups -OCH3 is 1. The molecule has 0 unspecified atom stereocenters. The molecule has 0 aliphatic heterocycles. The van der Waals surface area contributed by atoms with E-state index >= 15 is 0 Å². The summed E-state index contributed by atoms with van der Waals surface area (Å²) in [4.78, 5) is 12.2. The molecule has 0 saturated carbocycles. The molecule has 0 aliphatic rings. The van der Waals surface area contributed by atoms with E-state index in [1.165, 1.54) is 16.8 Å². The molecule has 1 amide bonds. The summed E-state index contributed by atoms with van der Waals surface area (Å²) >= 11 is 0. The van der Waals surface area contributed by atoms with Gasteiger partial charge in [-0.05, 0) is 26.8 Å². The maximum Gasteiger partial charge on any atom is 0.268 e. The summed E-state index contributed by atoms with van der Waals surface area (Å²) in [5, 5.41) is 7.87. The summed E-state index contributed by atoms with van der Waals surface area (Å²) < 4.78 is 29.2. The van der Waals surface area contributed by atoms with Crippen molar-refractivity contribution in [3.05, 3.63) is 18.0 Å². The summed E-state index contributed by atoms with van der Waals surface area (Å²) in [6, 6.07) is 1.27. The monoisotopic (exact) mass is 303 g/mol. The fourth-order valence-electron chi connectivity index (χ4n) is 1.86. The lowest BCUT2D eigenvalue weighted by Gasteiger charge is -2.25. The number of ether oxygens (including phenoxy) is 1. The molecule has 3 N–H and O–H groups in total. The number of amides is 1. The van der Waals surface area contributed by atoms with E-state index in [-0.39, 0.29) is 16.5 Å². The van der Waals surface area contributed by atoms with E-state index in [4.69, 9.17) is 9.88 Å². The van der Waals surface area contributed by atoms with Crippen LogP contribution in [0.3, 0.4) is 0 Å². The second-order valence-corrected chi connectivity index (χ2v) is 6.72. The van der Waals surface area contributed by atoms with Crippen LogP contribution in [0.2, 0.25) is 0 Å². The molecule has 0 aliphatic carbocycles. The fraction of sp³-hybridized carbons (Fsp3) is 0.583. The molecular weight excluding hydrogens is 282 g/mol. The summed E-state index contributed by atoms with van der Waals surface area (Å²) in [7, 11) is -2.28. The number of carbonyl (C=O) groups excluding carboxylic acids is 1. The predicted molar refractivity (Wildman–Crippen MR) is 74.9 cm³/mol. The molecule has 8 heteroatoms. The Hall–Kier alpha value is -1.38. The summed E-state index contributed by atoms with van der Waals surface area (Å²) in [5.74, 6) is -0.371. The highest BCUT2D eigenvalue weighted by Crippen LogP contribution is 2.14. The summed E-state index contributed by atoms with van der Waals surface area (Å²) in [6.07, 6.45) is 1.35. The van der Waals surface area contributed by atoms with Gasteiger partial charge >= 0.3 is 0 Å². The molecule has 0 fully saturated rings. The lowest BCUT2D eigenvalue weighted by Crippen LogP contribution is -2.47. The van der Waals surface area contributed by atoms with Gasteiger partial charge in [0, 0.05) is 19.9 Å². The van der Waals surface area contributed by atoms with E-state index in [1.807, 2.05) is 20.8 Å². The van der Waals surface area contributed by atoms with Crippen molar-refractivity contribution in [2.45, 2.75) is 37.8 Å². The SMILES string of the molecule is CCn1cc(S(N)(=O)=O)cc1C(=O)NC(C)(C)COC. The number of nitrogens with zero attached hydrogens (tertiary/aromatic N) is 1. The highest BCUT2D eigenvalue weighted by molar-refractivity contribution is 7.89. The molecule has 1 aromatic rings. The van der Waals surface area contributed by atoms with Crippen molar-refractivity contribution in [3.63, 3.8) is 0 Å². The molecule has 7 nitrogen and oxygen atoms in total. The first-order chi connectivity index (χ1) is 9.10. The number of hydrogen-bond acceptors (Lipinski definition) is 4. The van der Waals surface area contributed by atoms with Gasteiger partial charge in [-0.2, -0.15) is 0 Å². The van der Waals surface area contributed by atoms with Gasteiger partial charge in [0.2, 0.25) is 10.0 Å². The van der Waals surface area contributed by atoms with Crippen molar-refractivity contribution < 1.29 is 17.9 Å². The first-order valence-corrected chi connectivity index (χ1v) is 7.70. The van der Waals surface area contributed by atoms with Crippen LogP contribution < -0.4 is 10.5 Å². The number of nitrogens with two attached hydrogens (primary N) is 1. The van der Waals surface area contributed by atoms with E-state index in [2.05, 4.69) is 5.32 Å². The number of primary sulfonamides is 1. The van der Waals surface area contributed by atoms with Gasteiger partial charge in [0.15, 0.2) is 0 Å². The second-order valence-electron chi connectivity index (χ2n) is 5.16. The zero-order valence-electron chi connectivity index (χ0n) is 12.1. The van der Waals surface area contributed by atoms with Gasteiger partial charge in [-0.3, -0.25) is 4.79 Å². The number of rotatable bonds is 6. The number of nitrogens with one attached hydrogen (secondary N) is 1. The van der Waals surface area contributed by atoms with Crippen LogP contribution in [0.25, 0.3) is 0 Å². The Balaban J connectivity index is 3.07. The zero-order chi connectivity index (χ0) is 15.6. The van der Waals surface area contributed by atoms with E-state index in [0.29, 0.717) is 13.2 Å². The van der Waals surface area contributed by atoms with Crippen LogP contribution in [0.1, 0.15) is 31.3 Å². The highest BCUT2D eigenvalue weighted by Gasteiger charge is 2.24. The van der Waals surface area contributed by atoms with Crippen LogP contribution in [0, 0.1) is 0 Å². The topological polar surface area (TPSA) is 103 Å². The minimum atomic E-state index is -3.83. The van der Waals surface area contributed by atoms with Gasteiger partial charge in [0.25, 0.3) is 5.91 Å². The third-order valence-corrected chi connectivity index (χ3v) is 3.61. The van der Waals surface area contributed by atoms with Crippen LogP contribution in [-0.4, -0.2) is 38.1 Å². The minimum absolute atomic E-state index is 0.0750. The summed E-state index contributed by atoms with van der Waals surface area (Å²) in [5.41, 5.74) is -0.308. The standard InChI is InChI=1S/C12H21N3O4S/c1-5-15-7-9(20(13,17)18)6-10(15)11(16)14-12(2,3)8-19-4/h6-7H,5,8H2,1-4H3,(H,14,16)(H2,13,17,18). The van der Waals surface area contributed by atoms with Gasteiger partial charge < -0.3 is 14.6 Å². The largest absolute Gasteiger partial charge is 0.382 e. The van der Waals surface area contributed by atoms with Gasteiger partial charge in [0.1, 0.15) is 10.6 Å². The molecule has 1 rings (SSSR count). The molecule has 0 bridgehead atoms. The molecule has 0 spiro atoms. The second kappa shape index (κ2) is 5.94. The number of aryl methyl sites for hydroxylation is 1. The van der Waals surface area contributed by atoms with E-state index in [9.17, 15) is 13.2 Å². The van der Waals surface area contributed by atoms with E-state index in [0.717, 1.165) is 0 Å². The maximum absolute atomic E-state index is 12.2. The Labute approximate surface area is 119 Å². The van der Waals surface area contributed by atoms with E-state index < -0.39 is 15.6 Å². The molecule has 1 aromatic heterocycles. The third kappa shape index (κ3) is 4.06. The average Bonchev–Trinajstić information content (AvgIpc) is 2.71. The number of carbonyl (C=O) groups is 1. The zero-order valence-corrected chi connectivity index (χ0v) is 13.0. The molecule has 1 heterocycles. The molecular formula is C12H21N3O4S. The van der Waals surface area contributed by atoms with Crippen LogP contribution >= 0.6 is 0 Å². The molecule has 114 valence electrons. The minimum Gasteiger partial charge on any atom is -0.382 e. The van der Waals surface area contributed by atoms with Gasteiger partial charge in [-0.15, -0.1) is 0 Å². The van der Waals surface area contributed by atoms with Crippen LogP contribution in [0.15, 0.2) is 17.2 Å². The van der Waals surface area contributed by atoms with Gasteiger partial charge in [-0.25, -0.2) is 13.6 Å². The Kier molecular flexibility index (Phi) is 4.95. The molecule has 20 heavy (non-hydrogen) atoms. The third-order valence-electron chi connectivity index (χ3n) is 2.73. The average molecular weight is 303 g/mol. The lowest BCUT2D eigenvalue weighted by molar-refractivity contribution is 0.0811. The fourth-order valence-corrected chi connectivity index (χ4v) is 2.41. The molecule has 0 radical (unpaired) electrons. The lowest BCUT2D eigenvalue weighted by atomic mass is 10.1. The normalized spacial score (nSPS) is 12.4. The first-order valence-electron chi connectivity index (χ1n) is 6.15. The first kappa shape index (κ1) is 16.7. The van der Waals surface area contributed by atoms with Crippen LogP contribution in [0.5, 0.6) is 0 Å². The predicted octanol–water partition coefficient (Wildman–Crippen LogP) is 0.310. The number of sulfonamides is 1. The molecule has 0 saturated heterocycles. The molecule has 0 aromatic carbocycles. The Morgan fingerprint density at radius 2 is 2.10 bits per heavy atom. The quantitative estimate of drug-likeness (QED) is 0.789. The number of aromatic nitrogens is 1. The van der Waals surface area contributed by atoms with Crippen LogP contribution in [0.4, 0.5) is 0 Å². The van der Waals surface area contributed by atoms with Crippen molar-refractivity contribution in [1.82, 2.24) is 9.88 Å². The maximum atomic E-state index is 12.2.